The van der Waals surface area contributed by atoms with Crippen molar-refractivity contribution in [2.75, 3.05) is 6.61 Å². The molecule has 13 heavy (non-hydrogen) atoms. The third-order valence-corrected chi connectivity index (χ3v) is 1.77. The molecule has 1 aromatic rings. The monoisotopic (exact) mass is 183 g/mol. The first kappa shape index (κ1) is 8.16. The molecule has 1 aliphatic rings. The van der Waals surface area contributed by atoms with Crippen LogP contribution in [0, 0.1) is 11.6 Å². The number of hydrogen-bond donors (Lipinski definition) is 0. The molecule has 0 radical (unpaired) electrons. The lowest BCUT2D eigenvalue weighted by Crippen LogP contribution is -2.12. The predicted molar refractivity (Wildman–Crippen MR) is 44.6 cm³/mol. The normalized spacial score (nSPS) is 14.5. The first-order chi connectivity index (χ1) is 6.18. The van der Waals surface area contributed by atoms with Crippen LogP contribution in [-0.2, 0) is 0 Å². The molecule has 0 fully saturated rings. The Labute approximate surface area is 73.9 Å². The van der Waals surface area contributed by atoms with Crippen molar-refractivity contribution in [3.63, 3.8) is 0 Å². The van der Waals surface area contributed by atoms with Crippen LogP contribution in [0.1, 0.15) is 6.92 Å². The summed E-state index contributed by atoms with van der Waals surface area (Å²) < 4.78 is 30.7. The fraction of sp³-hybridized carbons (Fsp3) is 0.222. The van der Waals surface area contributed by atoms with E-state index in [4.69, 9.17) is 4.74 Å². The van der Waals surface area contributed by atoms with Crippen LogP contribution < -0.4 is 4.74 Å². The first-order valence-electron chi connectivity index (χ1n) is 3.83. The number of fused-ring (bicyclic) bond motifs is 1. The molecule has 68 valence electrons. The Hall–Kier alpha value is -1.45. The van der Waals surface area contributed by atoms with Crippen LogP contribution in [0.15, 0.2) is 17.1 Å². The molecule has 0 bridgehead atoms. The van der Waals surface area contributed by atoms with Gasteiger partial charge >= 0.3 is 0 Å². The third kappa shape index (κ3) is 1.28. The molecule has 2 nitrogen and oxygen atoms in total. The summed E-state index contributed by atoms with van der Waals surface area (Å²) in [7, 11) is 0. The minimum Gasteiger partial charge on any atom is -0.482 e. The summed E-state index contributed by atoms with van der Waals surface area (Å²) in [6.45, 7) is 1.98. The van der Waals surface area contributed by atoms with E-state index >= 15 is 0 Å². The van der Waals surface area contributed by atoms with E-state index in [1.54, 1.807) is 6.92 Å². The average Bonchev–Trinajstić information content (AvgIpc) is 2.12. The highest BCUT2D eigenvalue weighted by atomic mass is 19.2. The van der Waals surface area contributed by atoms with Crippen LogP contribution >= 0.6 is 0 Å². The van der Waals surface area contributed by atoms with E-state index in [1.807, 2.05) is 0 Å². The minimum atomic E-state index is -0.964. The van der Waals surface area contributed by atoms with Gasteiger partial charge in [0.05, 0.1) is 5.71 Å². The number of ether oxygens (including phenoxy) is 1. The second-order valence-electron chi connectivity index (χ2n) is 2.85. The molecular weight excluding hydrogens is 176 g/mol. The smallest absolute Gasteiger partial charge is 0.202 e. The second kappa shape index (κ2) is 2.80. The topological polar surface area (TPSA) is 21.6 Å². The molecule has 0 unspecified atom stereocenters. The van der Waals surface area contributed by atoms with Crippen molar-refractivity contribution in [1.29, 1.82) is 0 Å². The maximum absolute atomic E-state index is 13.0. The predicted octanol–water partition coefficient (Wildman–Crippen LogP) is 2.45. The van der Waals surface area contributed by atoms with Crippen molar-refractivity contribution in [3.05, 3.63) is 23.8 Å². The van der Waals surface area contributed by atoms with Crippen molar-refractivity contribution in [3.8, 4) is 5.75 Å². The molecule has 1 aromatic carbocycles. The third-order valence-electron chi connectivity index (χ3n) is 1.77. The fourth-order valence-corrected chi connectivity index (χ4v) is 1.16. The van der Waals surface area contributed by atoms with Gasteiger partial charge in [-0.2, -0.15) is 4.39 Å². The fourth-order valence-electron chi connectivity index (χ4n) is 1.16. The van der Waals surface area contributed by atoms with Crippen LogP contribution in [0.25, 0.3) is 0 Å². The van der Waals surface area contributed by atoms with E-state index in [1.165, 1.54) is 6.07 Å². The van der Waals surface area contributed by atoms with Gasteiger partial charge in [0.2, 0.25) is 5.82 Å². The zero-order chi connectivity index (χ0) is 9.42. The van der Waals surface area contributed by atoms with E-state index in [0.717, 1.165) is 11.8 Å². The molecular formula is C9H7F2NO. The van der Waals surface area contributed by atoms with Gasteiger partial charge in [-0.3, -0.25) is 4.99 Å². The van der Waals surface area contributed by atoms with Gasteiger partial charge in [-0.05, 0) is 19.1 Å². The molecule has 1 aliphatic heterocycles. The van der Waals surface area contributed by atoms with Crippen LogP contribution in [0.4, 0.5) is 14.5 Å². The number of aliphatic imine (C=N–C) groups is 1. The molecule has 0 spiro atoms. The largest absolute Gasteiger partial charge is 0.482 e. The highest BCUT2D eigenvalue weighted by molar-refractivity contribution is 5.88. The molecule has 4 heteroatoms. The molecule has 0 aromatic heterocycles. The Morgan fingerprint density at radius 1 is 1.38 bits per heavy atom. The van der Waals surface area contributed by atoms with Crippen molar-refractivity contribution in [2.45, 2.75) is 6.92 Å². The summed E-state index contributed by atoms with van der Waals surface area (Å²) >= 11 is 0. The van der Waals surface area contributed by atoms with Gasteiger partial charge in [-0.25, -0.2) is 4.39 Å². The van der Waals surface area contributed by atoms with E-state index in [2.05, 4.69) is 4.99 Å². The van der Waals surface area contributed by atoms with Crippen LogP contribution in [-0.4, -0.2) is 12.3 Å². The number of benzene rings is 1. The molecule has 0 amide bonds. The summed E-state index contributed by atoms with van der Waals surface area (Å²) in [5, 5.41) is 0. The molecule has 1 heterocycles. The second-order valence-corrected chi connectivity index (χ2v) is 2.85. The van der Waals surface area contributed by atoms with E-state index < -0.39 is 11.6 Å². The molecule has 0 atom stereocenters. The van der Waals surface area contributed by atoms with E-state index in [-0.39, 0.29) is 12.4 Å². The van der Waals surface area contributed by atoms with Crippen molar-refractivity contribution >= 4 is 11.4 Å². The first-order valence-corrected chi connectivity index (χ1v) is 3.83. The molecule has 0 N–H and O–H groups in total. The van der Waals surface area contributed by atoms with Crippen LogP contribution in [0.2, 0.25) is 0 Å². The zero-order valence-electron chi connectivity index (χ0n) is 6.97. The number of halogens is 2. The maximum Gasteiger partial charge on any atom is 0.202 e. The zero-order valence-corrected chi connectivity index (χ0v) is 6.97. The molecule has 0 saturated carbocycles. The van der Waals surface area contributed by atoms with Gasteiger partial charge in [0, 0.05) is 0 Å². The number of nitrogens with zero attached hydrogens (tertiary/aromatic N) is 1. The SMILES string of the molecule is CC1=Nc2ccc(F)c(F)c2OC1. The molecule has 2 rings (SSSR count). The summed E-state index contributed by atoms with van der Waals surface area (Å²) in [4.78, 5) is 4.03. The van der Waals surface area contributed by atoms with Gasteiger partial charge in [0.15, 0.2) is 11.6 Å². The lowest BCUT2D eigenvalue weighted by Gasteiger charge is -2.15. The van der Waals surface area contributed by atoms with Crippen molar-refractivity contribution in [2.24, 2.45) is 4.99 Å². The lowest BCUT2D eigenvalue weighted by atomic mass is 10.2. The van der Waals surface area contributed by atoms with Gasteiger partial charge in [-0.15, -0.1) is 0 Å². The van der Waals surface area contributed by atoms with Gasteiger partial charge < -0.3 is 4.74 Å². The Morgan fingerprint density at radius 2 is 2.15 bits per heavy atom. The van der Waals surface area contributed by atoms with E-state index in [9.17, 15) is 8.78 Å². The Kier molecular flexibility index (Phi) is 1.76. The van der Waals surface area contributed by atoms with E-state index in [0.29, 0.717) is 5.69 Å². The van der Waals surface area contributed by atoms with Crippen LogP contribution in [0.3, 0.4) is 0 Å². The lowest BCUT2D eigenvalue weighted by molar-refractivity contribution is 0.339. The average molecular weight is 183 g/mol. The van der Waals surface area contributed by atoms with Gasteiger partial charge in [0.1, 0.15) is 12.3 Å². The standard InChI is InChI=1S/C9H7F2NO/c1-5-4-13-9-7(12-5)3-2-6(10)8(9)11/h2-3H,4H2,1H3. The van der Waals surface area contributed by atoms with Gasteiger partial charge in [-0.1, -0.05) is 0 Å². The summed E-state index contributed by atoms with van der Waals surface area (Å²) in [5.41, 5.74) is 1.10. The van der Waals surface area contributed by atoms with Crippen LogP contribution in [0.5, 0.6) is 5.75 Å². The summed E-state index contributed by atoms with van der Waals surface area (Å²) in [6, 6.07) is 2.44. The van der Waals surface area contributed by atoms with Crippen molar-refractivity contribution in [1.82, 2.24) is 0 Å². The number of rotatable bonds is 0. The number of hydrogen-bond acceptors (Lipinski definition) is 2. The summed E-state index contributed by atoms with van der Waals surface area (Å²) in [5.74, 6) is -1.96. The maximum atomic E-state index is 13.0. The summed E-state index contributed by atoms with van der Waals surface area (Å²) in [6.07, 6.45) is 0. The Balaban J connectivity index is 2.61. The highest BCUT2D eigenvalue weighted by Gasteiger charge is 2.18. The quantitative estimate of drug-likeness (QED) is 0.605. The van der Waals surface area contributed by atoms with Crippen molar-refractivity contribution < 1.29 is 13.5 Å². The molecule has 0 saturated heterocycles. The highest BCUT2D eigenvalue weighted by Crippen LogP contribution is 2.34. The Morgan fingerprint density at radius 3 is 2.92 bits per heavy atom. The molecule has 0 aliphatic carbocycles. The minimum absolute atomic E-state index is 0.0920. The van der Waals surface area contributed by atoms with Gasteiger partial charge in [0.25, 0.3) is 0 Å². The Bertz CT molecular complexity index is 387.